The van der Waals surface area contributed by atoms with E-state index in [1.54, 1.807) is 0 Å². The molecule has 0 radical (unpaired) electrons. The van der Waals surface area contributed by atoms with Crippen LogP contribution >= 0.6 is 0 Å². The molecule has 0 heterocycles. The molecule has 1 N–H and O–H groups in total. The average molecular weight is 238 g/mol. The maximum absolute atomic E-state index is 11.0. The van der Waals surface area contributed by atoms with Gasteiger partial charge in [0.25, 0.3) is 0 Å². The summed E-state index contributed by atoms with van der Waals surface area (Å²) in [5, 5.41) is 9.00. The van der Waals surface area contributed by atoms with E-state index in [1.807, 2.05) is 44.2 Å². The molecule has 0 bridgehead atoms. The van der Waals surface area contributed by atoms with Gasteiger partial charge in [-0.1, -0.05) is 30.3 Å². The molecule has 0 fully saturated rings. The lowest BCUT2D eigenvalue weighted by Gasteiger charge is -2.32. The van der Waals surface area contributed by atoms with Crippen molar-refractivity contribution in [2.24, 2.45) is 0 Å². The third-order valence-corrected chi connectivity index (χ3v) is 2.35. The molecule has 0 atom stereocenters. The zero-order chi connectivity index (χ0) is 12.7. The molecule has 0 aliphatic rings. The van der Waals surface area contributed by atoms with Crippen LogP contribution in [-0.4, -0.2) is 24.3 Å². The quantitative estimate of drug-likeness (QED) is 0.741. The van der Waals surface area contributed by atoms with Crippen LogP contribution in [0.1, 0.15) is 25.8 Å². The third-order valence-electron chi connectivity index (χ3n) is 2.35. The van der Waals surface area contributed by atoms with E-state index >= 15 is 0 Å². The maximum Gasteiger partial charge on any atom is 0.309 e. The number of carboxylic acid groups (broad SMARTS) is 1. The van der Waals surface area contributed by atoms with Gasteiger partial charge in [0.2, 0.25) is 5.79 Å². The summed E-state index contributed by atoms with van der Waals surface area (Å²) in [7, 11) is 0. The zero-order valence-electron chi connectivity index (χ0n) is 10.2. The second-order valence-electron chi connectivity index (χ2n) is 3.56. The van der Waals surface area contributed by atoms with Crippen LogP contribution in [0.2, 0.25) is 0 Å². The van der Waals surface area contributed by atoms with E-state index in [0.29, 0.717) is 13.2 Å². The highest BCUT2D eigenvalue weighted by Crippen LogP contribution is 2.31. The van der Waals surface area contributed by atoms with E-state index in [9.17, 15) is 4.79 Å². The minimum atomic E-state index is -1.18. The minimum Gasteiger partial charge on any atom is -0.481 e. The van der Waals surface area contributed by atoms with E-state index in [2.05, 4.69) is 0 Å². The fraction of sp³-hybridized carbons (Fsp3) is 0.462. The van der Waals surface area contributed by atoms with Crippen LogP contribution in [0.4, 0.5) is 0 Å². The van der Waals surface area contributed by atoms with Gasteiger partial charge < -0.3 is 14.6 Å². The Labute approximate surface area is 101 Å². The number of benzene rings is 1. The topological polar surface area (TPSA) is 55.8 Å². The predicted octanol–water partition coefficient (Wildman–Crippen LogP) is 2.39. The number of hydrogen-bond acceptors (Lipinski definition) is 3. The molecule has 0 saturated carbocycles. The van der Waals surface area contributed by atoms with Crippen molar-refractivity contribution in [3.05, 3.63) is 35.9 Å². The Morgan fingerprint density at radius 2 is 1.71 bits per heavy atom. The lowest BCUT2D eigenvalue weighted by atomic mass is 10.0. The number of carbonyl (C=O) groups is 1. The van der Waals surface area contributed by atoms with Gasteiger partial charge in [-0.15, -0.1) is 0 Å². The number of hydrogen-bond donors (Lipinski definition) is 1. The van der Waals surface area contributed by atoms with Crippen LogP contribution in [0, 0.1) is 0 Å². The minimum absolute atomic E-state index is 0.210. The molecule has 4 nitrogen and oxygen atoms in total. The van der Waals surface area contributed by atoms with Crippen molar-refractivity contribution in [3.8, 4) is 0 Å². The molecule has 0 saturated heterocycles. The molecular weight excluding hydrogens is 220 g/mol. The van der Waals surface area contributed by atoms with Gasteiger partial charge in [0.15, 0.2) is 0 Å². The second kappa shape index (κ2) is 6.37. The van der Waals surface area contributed by atoms with Crippen molar-refractivity contribution in [1.82, 2.24) is 0 Å². The van der Waals surface area contributed by atoms with Crippen LogP contribution in [-0.2, 0) is 20.1 Å². The first-order chi connectivity index (χ1) is 8.14. The fourth-order valence-corrected chi connectivity index (χ4v) is 1.77. The Morgan fingerprint density at radius 1 is 1.18 bits per heavy atom. The second-order valence-corrected chi connectivity index (χ2v) is 3.56. The third kappa shape index (κ3) is 3.54. The molecule has 0 aliphatic heterocycles. The molecule has 0 unspecified atom stereocenters. The Bertz CT molecular complexity index is 342. The number of carboxylic acids is 1. The van der Waals surface area contributed by atoms with E-state index in [4.69, 9.17) is 14.6 Å². The monoisotopic (exact) mass is 238 g/mol. The van der Waals surface area contributed by atoms with Crippen molar-refractivity contribution in [1.29, 1.82) is 0 Å². The molecule has 1 aromatic rings. The van der Waals surface area contributed by atoms with Crippen molar-refractivity contribution in [2.75, 3.05) is 13.2 Å². The standard InChI is InChI=1S/C13H18O4/c1-3-16-13(17-4-2,10-12(14)15)11-8-6-5-7-9-11/h5-9H,3-4,10H2,1-2H3,(H,14,15). The van der Waals surface area contributed by atoms with E-state index in [-0.39, 0.29) is 6.42 Å². The van der Waals surface area contributed by atoms with Gasteiger partial charge in [0, 0.05) is 18.8 Å². The smallest absolute Gasteiger partial charge is 0.309 e. The highest BCUT2D eigenvalue weighted by Gasteiger charge is 2.36. The van der Waals surface area contributed by atoms with Gasteiger partial charge in [-0.05, 0) is 13.8 Å². The molecule has 1 rings (SSSR count). The number of rotatable bonds is 7. The Kier molecular flexibility index (Phi) is 5.12. The van der Waals surface area contributed by atoms with Crippen molar-refractivity contribution in [2.45, 2.75) is 26.1 Å². The van der Waals surface area contributed by atoms with Gasteiger partial charge in [-0.25, -0.2) is 0 Å². The first-order valence-corrected chi connectivity index (χ1v) is 5.70. The summed E-state index contributed by atoms with van der Waals surface area (Å²) in [4.78, 5) is 11.0. The summed E-state index contributed by atoms with van der Waals surface area (Å²) in [6.45, 7) is 4.42. The molecule has 1 aromatic carbocycles. The summed E-state index contributed by atoms with van der Waals surface area (Å²) in [6, 6.07) is 9.17. The Morgan fingerprint density at radius 3 is 2.12 bits per heavy atom. The summed E-state index contributed by atoms with van der Waals surface area (Å²) in [6.07, 6.45) is -0.210. The molecule has 0 aliphatic carbocycles. The fourth-order valence-electron chi connectivity index (χ4n) is 1.77. The van der Waals surface area contributed by atoms with E-state index in [1.165, 1.54) is 0 Å². The van der Waals surface area contributed by atoms with Crippen LogP contribution in [0.3, 0.4) is 0 Å². The van der Waals surface area contributed by atoms with Crippen molar-refractivity contribution < 1.29 is 19.4 Å². The van der Waals surface area contributed by atoms with Crippen LogP contribution in [0.5, 0.6) is 0 Å². The average Bonchev–Trinajstić information content (AvgIpc) is 2.30. The Hall–Kier alpha value is -1.39. The number of aliphatic carboxylic acids is 1. The highest BCUT2D eigenvalue weighted by molar-refractivity contribution is 5.68. The zero-order valence-corrected chi connectivity index (χ0v) is 10.2. The van der Waals surface area contributed by atoms with Gasteiger partial charge in [-0.2, -0.15) is 0 Å². The number of ether oxygens (including phenoxy) is 2. The van der Waals surface area contributed by atoms with E-state index < -0.39 is 11.8 Å². The molecular formula is C13H18O4. The largest absolute Gasteiger partial charge is 0.481 e. The van der Waals surface area contributed by atoms with Crippen LogP contribution in [0.15, 0.2) is 30.3 Å². The normalized spacial score (nSPS) is 11.4. The van der Waals surface area contributed by atoms with Gasteiger partial charge >= 0.3 is 5.97 Å². The maximum atomic E-state index is 11.0. The lowest BCUT2D eigenvalue weighted by molar-refractivity contribution is -0.247. The van der Waals surface area contributed by atoms with Crippen molar-refractivity contribution in [3.63, 3.8) is 0 Å². The first kappa shape index (κ1) is 13.7. The molecule has 4 heteroatoms. The molecule has 0 aromatic heterocycles. The summed E-state index contributed by atoms with van der Waals surface area (Å²) in [5.41, 5.74) is 0.728. The van der Waals surface area contributed by atoms with E-state index in [0.717, 1.165) is 5.56 Å². The van der Waals surface area contributed by atoms with Crippen LogP contribution < -0.4 is 0 Å². The van der Waals surface area contributed by atoms with Crippen LogP contribution in [0.25, 0.3) is 0 Å². The summed E-state index contributed by atoms with van der Waals surface area (Å²) >= 11 is 0. The highest BCUT2D eigenvalue weighted by atomic mass is 16.7. The first-order valence-electron chi connectivity index (χ1n) is 5.70. The van der Waals surface area contributed by atoms with Gasteiger partial charge in [0.05, 0.1) is 0 Å². The molecule has 0 spiro atoms. The lowest BCUT2D eigenvalue weighted by Crippen LogP contribution is -2.36. The molecule has 17 heavy (non-hydrogen) atoms. The Balaban J connectivity index is 3.09. The van der Waals surface area contributed by atoms with Crippen molar-refractivity contribution >= 4 is 5.97 Å². The predicted molar refractivity (Wildman–Crippen MR) is 63.6 cm³/mol. The van der Waals surface area contributed by atoms with Gasteiger partial charge in [-0.3, -0.25) is 4.79 Å². The summed E-state index contributed by atoms with van der Waals surface area (Å²) < 4.78 is 11.1. The SMILES string of the molecule is CCOC(CC(=O)O)(OCC)c1ccccc1. The molecule has 0 amide bonds. The summed E-state index contributed by atoms with van der Waals surface area (Å²) in [5.74, 6) is -2.13. The molecule has 94 valence electrons. The van der Waals surface area contributed by atoms with Gasteiger partial charge in [0.1, 0.15) is 6.42 Å².